The molecule has 1 aromatic rings. The van der Waals surface area contributed by atoms with Gasteiger partial charge < -0.3 is 14.6 Å². The number of aromatic hydroxyl groups is 1. The van der Waals surface area contributed by atoms with Gasteiger partial charge in [-0.2, -0.15) is 0 Å². The number of phenolic OH excluding ortho intramolecular Hbond substituents is 1. The van der Waals surface area contributed by atoms with E-state index in [1.54, 1.807) is 0 Å². The maximum absolute atomic E-state index is 11.1. The van der Waals surface area contributed by atoms with Crippen LogP contribution in [-0.2, 0) is 9.53 Å². The first kappa shape index (κ1) is 10.0. The minimum Gasteiger partial charge on any atom is -0.507 e. The van der Waals surface area contributed by atoms with Gasteiger partial charge in [-0.3, -0.25) is 4.79 Å². The molecule has 1 rings (SSSR count). The fourth-order valence-corrected chi connectivity index (χ4v) is 0.917. The molecule has 0 aliphatic carbocycles. The number of carbonyl (C=O) groups excluding carboxylic acids is 2. The molecule has 0 aromatic heterocycles. The van der Waals surface area contributed by atoms with Gasteiger partial charge in [0.25, 0.3) is 6.47 Å². The van der Waals surface area contributed by atoms with Crippen molar-refractivity contribution in [2.75, 3.05) is 7.11 Å². The first-order valence-electron chi connectivity index (χ1n) is 3.70. The second-order valence-corrected chi connectivity index (χ2v) is 2.38. The molecule has 0 aliphatic rings. The minimum absolute atomic E-state index is 0.0492. The van der Waals surface area contributed by atoms with Crippen LogP contribution in [0.2, 0.25) is 0 Å². The van der Waals surface area contributed by atoms with Crippen molar-refractivity contribution < 1.29 is 24.2 Å². The average Bonchev–Trinajstić information content (AvgIpc) is 2.20. The molecule has 0 spiro atoms. The third-order valence-corrected chi connectivity index (χ3v) is 1.56. The molecule has 0 fully saturated rings. The number of hydrogen-bond acceptors (Lipinski definition) is 5. The van der Waals surface area contributed by atoms with Crippen LogP contribution < -0.4 is 4.74 Å². The quantitative estimate of drug-likeness (QED) is 0.569. The van der Waals surface area contributed by atoms with Crippen LogP contribution in [0.25, 0.3) is 0 Å². The van der Waals surface area contributed by atoms with Crippen LogP contribution in [-0.4, -0.2) is 24.7 Å². The largest absolute Gasteiger partial charge is 0.507 e. The monoisotopic (exact) mass is 196 g/mol. The Morgan fingerprint density at radius 2 is 2.21 bits per heavy atom. The average molecular weight is 196 g/mol. The second kappa shape index (κ2) is 4.27. The highest BCUT2D eigenvalue weighted by atomic mass is 16.5. The number of phenols is 1. The SMILES string of the molecule is COC(=O)c1cc(OC=O)ccc1O. The fourth-order valence-electron chi connectivity index (χ4n) is 0.917. The van der Waals surface area contributed by atoms with E-state index in [-0.39, 0.29) is 23.5 Å². The summed E-state index contributed by atoms with van der Waals surface area (Å²) in [5, 5.41) is 9.26. The van der Waals surface area contributed by atoms with Crippen molar-refractivity contribution in [3.63, 3.8) is 0 Å². The molecule has 0 radical (unpaired) electrons. The zero-order valence-corrected chi connectivity index (χ0v) is 7.39. The van der Waals surface area contributed by atoms with E-state index in [1.165, 1.54) is 25.3 Å². The lowest BCUT2D eigenvalue weighted by atomic mass is 10.2. The molecule has 0 atom stereocenters. The van der Waals surface area contributed by atoms with E-state index in [2.05, 4.69) is 9.47 Å². The highest BCUT2D eigenvalue weighted by molar-refractivity contribution is 5.92. The summed E-state index contributed by atoms with van der Waals surface area (Å²) in [5.41, 5.74) is -0.0492. The summed E-state index contributed by atoms with van der Waals surface area (Å²) in [6, 6.07) is 3.82. The van der Waals surface area contributed by atoms with Crippen LogP contribution in [0.5, 0.6) is 11.5 Å². The summed E-state index contributed by atoms with van der Waals surface area (Å²) in [6.07, 6.45) is 0. The fraction of sp³-hybridized carbons (Fsp3) is 0.111. The number of methoxy groups -OCH3 is 1. The topological polar surface area (TPSA) is 72.8 Å². The Kier molecular flexibility index (Phi) is 3.06. The third-order valence-electron chi connectivity index (χ3n) is 1.56. The van der Waals surface area contributed by atoms with Crippen molar-refractivity contribution in [2.45, 2.75) is 0 Å². The molecule has 1 N–H and O–H groups in total. The number of hydrogen-bond donors (Lipinski definition) is 1. The predicted molar refractivity (Wildman–Crippen MR) is 46.1 cm³/mol. The number of ether oxygens (including phenoxy) is 2. The van der Waals surface area contributed by atoms with Crippen LogP contribution >= 0.6 is 0 Å². The maximum atomic E-state index is 11.1. The van der Waals surface area contributed by atoms with E-state index >= 15 is 0 Å². The highest BCUT2D eigenvalue weighted by Gasteiger charge is 2.12. The Morgan fingerprint density at radius 3 is 2.79 bits per heavy atom. The molecule has 1 aromatic carbocycles. The van der Waals surface area contributed by atoms with E-state index in [0.717, 1.165) is 0 Å². The molecule has 0 unspecified atom stereocenters. The third kappa shape index (κ3) is 2.01. The molecule has 0 saturated heterocycles. The van der Waals surface area contributed by atoms with Gasteiger partial charge in [0.1, 0.15) is 17.1 Å². The number of esters is 1. The van der Waals surface area contributed by atoms with Gasteiger partial charge in [-0.05, 0) is 18.2 Å². The molecule has 0 aliphatic heterocycles. The van der Waals surface area contributed by atoms with Gasteiger partial charge in [0.2, 0.25) is 0 Å². The van der Waals surface area contributed by atoms with Crippen molar-refractivity contribution in [1.29, 1.82) is 0 Å². The summed E-state index contributed by atoms with van der Waals surface area (Å²) < 4.78 is 8.90. The highest BCUT2D eigenvalue weighted by Crippen LogP contribution is 2.23. The van der Waals surface area contributed by atoms with E-state index in [1.807, 2.05) is 0 Å². The smallest absolute Gasteiger partial charge is 0.341 e. The van der Waals surface area contributed by atoms with E-state index in [0.29, 0.717) is 0 Å². The van der Waals surface area contributed by atoms with Gasteiger partial charge in [0.05, 0.1) is 7.11 Å². The zero-order valence-electron chi connectivity index (χ0n) is 7.39. The Morgan fingerprint density at radius 1 is 1.50 bits per heavy atom. The summed E-state index contributed by atoms with van der Waals surface area (Å²) in [4.78, 5) is 21.1. The normalized spacial score (nSPS) is 9.21. The van der Waals surface area contributed by atoms with E-state index in [4.69, 9.17) is 0 Å². The van der Waals surface area contributed by atoms with Gasteiger partial charge in [0, 0.05) is 0 Å². The second-order valence-electron chi connectivity index (χ2n) is 2.38. The number of carbonyl (C=O) groups is 2. The Labute approximate surface area is 79.9 Å². The zero-order chi connectivity index (χ0) is 10.6. The predicted octanol–water partition coefficient (Wildman–Crippen LogP) is 0.714. The summed E-state index contributed by atoms with van der Waals surface area (Å²) >= 11 is 0. The summed E-state index contributed by atoms with van der Waals surface area (Å²) in [5.74, 6) is -0.757. The molecule has 5 nitrogen and oxygen atoms in total. The lowest BCUT2D eigenvalue weighted by molar-refractivity contribution is -0.120. The van der Waals surface area contributed by atoms with Gasteiger partial charge in [-0.15, -0.1) is 0 Å². The molecule has 0 bridgehead atoms. The summed E-state index contributed by atoms with van der Waals surface area (Å²) in [6.45, 7) is 0.230. The molecule has 0 amide bonds. The Hall–Kier alpha value is -2.04. The van der Waals surface area contributed by atoms with Crippen molar-refractivity contribution in [2.24, 2.45) is 0 Å². The minimum atomic E-state index is -0.696. The van der Waals surface area contributed by atoms with Gasteiger partial charge in [-0.1, -0.05) is 0 Å². The molecule has 74 valence electrons. The standard InChI is InChI=1S/C9H8O5/c1-13-9(12)7-4-6(14-5-10)2-3-8(7)11/h2-5,11H,1H3. The number of rotatable bonds is 3. The Bertz CT molecular complexity index is 358. The van der Waals surface area contributed by atoms with Crippen molar-refractivity contribution in [3.05, 3.63) is 23.8 Å². The molecule has 5 heteroatoms. The van der Waals surface area contributed by atoms with Crippen LogP contribution in [0.3, 0.4) is 0 Å². The van der Waals surface area contributed by atoms with Crippen molar-refractivity contribution in [3.8, 4) is 11.5 Å². The lowest BCUT2D eigenvalue weighted by Crippen LogP contribution is -2.02. The molecular weight excluding hydrogens is 188 g/mol. The van der Waals surface area contributed by atoms with Gasteiger partial charge >= 0.3 is 5.97 Å². The van der Waals surface area contributed by atoms with Crippen LogP contribution in [0, 0.1) is 0 Å². The van der Waals surface area contributed by atoms with Gasteiger partial charge in [0.15, 0.2) is 0 Å². The van der Waals surface area contributed by atoms with Crippen LogP contribution in [0.1, 0.15) is 10.4 Å². The maximum Gasteiger partial charge on any atom is 0.341 e. The lowest BCUT2D eigenvalue weighted by Gasteiger charge is -2.03. The molecule has 0 heterocycles. The van der Waals surface area contributed by atoms with E-state index in [9.17, 15) is 14.7 Å². The molecule has 0 saturated carbocycles. The van der Waals surface area contributed by atoms with Crippen LogP contribution in [0.4, 0.5) is 0 Å². The van der Waals surface area contributed by atoms with Crippen LogP contribution in [0.15, 0.2) is 18.2 Å². The van der Waals surface area contributed by atoms with Gasteiger partial charge in [-0.25, -0.2) is 4.79 Å². The van der Waals surface area contributed by atoms with E-state index < -0.39 is 5.97 Å². The Balaban J connectivity index is 3.07. The first-order chi connectivity index (χ1) is 6.69. The van der Waals surface area contributed by atoms with Crippen molar-refractivity contribution in [1.82, 2.24) is 0 Å². The molecule has 14 heavy (non-hydrogen) atoms. The first-order valence-corrected chi connectivity index (χ1v) is 3.70. The number of benzene rings is 1. The summed E-state index contributed by atoms with van der Waals surface area (Å²) in [7, 11) is 1.19. The van der Waals surface area contributed by atoms with Crippen molar-refractivity contribution >= 4 is 12.4 Å². The molecular formula is C9H8O5.